The average Bonchev–Trinajstić information content (AvgIpc) is 2.89. The van der Waals surface area contributed by atoms with E-state index in [1.165, 1.54) is 49.2 Å². The van der Waals surface area contributed by atoms with Crippen LogP contribution in [-0.4, -0.2) is 41.2 Å². The molecule has 0 aromatic heterocycles. The molecule has 9 heteroatoms. The van der Waals surface area contributed by atoms with Crippen molar-refractivity contribution >= 4 is 17.8 Å². The summed E-state index contributed by atoms with van der Waals surface area (Å²) in [4.78, 5) is 39.6. The van der Waals surface area contributed by atoms with Crippen LogP contribution in [0.5, 0.6) is 0 Å². The highest BCUT2D eigenvalue weighted by Gasteiger charge is 2.49. The number of hydrogen-bond donors (Lipinski definition) is 1. The molecular formula is C20H18F3N3O3. The van der Waals surface area contributed by atoms with Crippen molar-refractivity contribution in [1.29, 1.82) is 0 Å². The van der Waals surface area contributed by atoms with Crippen molar-refractivity contribution in [1.82, 2.24) is 15.1 Å². The van der Waals surface area contributed by atoms with Crippen molar-refractivity contribution in [2.75, 3.05) is 13.6 Å². The molecule has 1 N–H and O–H groups in total. The fraction of sp³-hybridized carbons (Fsp3) is 0.250. The molecule has 3 rings (SSSR count). The van der Waals surface area contributed by atoms with Gasteiger partial charge in [-0.1, -0.05) is 18.2 Å². The van der Waals surface area contributed by atoms with E-state index in [-0.39, 0.29) is 12.1 Å². The average molecular weight is 405 g/mol. The van der Waals surface area contributed by atoms with E-state index in [1.54, 1.807) is 0 Å². The van der Waals surface area contributed by atoms with Crippen LogP contribution in [0.1, 0.15) is 18.1 Å². The summed E-state index contributed by atoms with van der Waals surface area (Å²) in [6.45, 7) is 0.984. The minimum absolute atomic E-state index is 0.0596. The molecule has 1 atom stereocenters. The van der Waals surface area contributed by atoms with Crippen LogP contribution < -0.4 is 5.32 Å². The molecule has 152 valence electrons. The van der Waals surface area contributed by atoms with Gasteiger partial charge in [0, 0.05) is 13.6 Å². The van der Waals surface area contributed by atoms with Crippen molar-refractivity contribution in [3.05, 3.63) is 71.0 Å². The Labute approximate surface area is 164 Å². The second kappa shape index (κ2) is 7.57. The number of likely N-dealkylation sites (N-methyl/N-ethyl adjacent to an activating group) is 1. The fourth-order valence-corrected chi connectivity index (χ4v) is 3.05. The van der Waals surface area contributed by atoms with Gasteiger partial charge in [0.05, 0.1) is 0 Å². The van der Waals surface area contributed by atoms with Crippen molar-refractivity contribution in [2.45, 2.75) is 19.0 Å². The molecule has 1 saturated heterocycles. The third kappa shape index (κ3) is 3.94. The van der Waals surface area contributed by atoms with Gasteiger partial charge < -0.3 is 10.2 Å². The number of amides is 4. The minimum Gasteiger partial charge on any atom is -0.340 e. The molecule has 2 aromatic carbocycles. The summed E-state index contributed by atoms with van der Waals surface area (Å²) in [7, 11) is 1.48. The normalized spacial score (nSPS) is 18.7. The Morgan fingerprint density at radius 3 is 2.34 bits per heavy atom. The van der Waals surface area contributed by atoms with Gasteiger partial charge in [-0.25, -0.2) is 18.0 Å². The summed E-state index contributed by atoms with van der Waals surface area (Å²) in [5.41, 5.74) is -0.892. The number of urea groups is 1. The Kier molecular flexibility index (Phi) is 5.32. The largest absolute Gasteiger partial charge is 0.340 e. The highest BCUT2D eigenvalue weighted by Crippen LogP contribution is 2.29. The molecule has 1 unspecified atom stereocenters. The molecule has 2 aromatic rings. The Bertz CT molecular complexity index is 981. The number of rotatable bonds is 5. The summed E-state index contributed by atoms with van der Waals surface area (Å²) in [5, 5.41) is 2.43. The lowest BCUT2D eigenvalue weighted by atomic mass is 9.92. The van der Waals surface area contributed by atoms with Crippen LogP contribution >= 0.6 is 0 Å². The lowest BCUT2D eigenvalue weighted by Gasteiger charge is -2.23. The number of nitrogens with zero attached hydrogens (tertiary/aromatic N) is 2. The molecule has 6 nitrogen and oxygen atoms in total. The molecule has 1 fully saturated rings. The third-order valence-corrected chi connectivity index (χ3v) is 4.82. The van der Waals surface area contributed by atoms with E-state index < -0.39 is 47.4 Å². The Morgan fingerprint density at radius 1 is 1.07 bits per heavy atom. The third-order valence-electron chi connectivity index (χ3n) is 4.82. The minimum atomic E-state index is -1.62. The van der Waals surface area contributed by atoms with Crippen LogP contribution in [-0.2, 0) is 21.7 Å². The molecule has 1 heterocycles. The van der Waals surface area contributed by atoms with Gasteiger partial charge in [-0.2, -0.15) is 0 Å². The van der Waals surface area contributed by atoms with Crippen molar-refractivity contribution in [2.24, 2.45) is 0 Å². The molecule has 29 heavy (non-hydrogen) atoms. The number of nitrogens with one attached hydrogen (secondary N) is 1. The van der Waals surface area contributed by atoms with Crippen LogP contribution in [0.2, 0.25) is 0 Å². The van der Waals surface area contributed by atoms with Gasteiger partial charge in [-0.3, -0.25) is 14.5 Å². The Hall–Kier alpha value is -3.36. The molecular weight excluding hydrogens is 387 g/mol. The predicted octanol–water partition coefficient (Wildman–Crippen LogP) is 2.53. The van der Waals surface area contributed by atoms with Gasteiger partial charge in [-0.05, 0) is 42.3 Å². The van der Waals surface area contributed by atoms with Gasteiger partial charge in [0.25, 0.3) is 5.91 Å². The van der Waals surface area contributed by atoms with Crippen LogP contribution in [0, 0.1) is 17.5 Å². The summed E-state index contributed by atoms with van der Waals surface area (Å²) in [6, 6.07) is 7.64. The standard InChI is InChI=1S/C20H18F3N3O3/c1-20(13-5-8-15(22)16(23)9-13)18(28)26(19(29)24-20)11-17(27)25(2)10-12-3-6-14(21)7-4-12/h3-9H,10-11H2,1-2H3,(H,24,29). The second-order valence-corrected chi connectivity index (χ2v) is 6.95. The molecule has 0 aliphatic carbocycles. The van der Waals surface area contributed by atoms with E-state index in [9.17, 15) is 27.6 Å². The van der Waals surface area contributed by atoms with Crippen LogP contribution in [0.15, 0.2) is 42.5 Å². The topological polar surface area (TPSA) is 69.7 Å². The molecule has 1 aliphatic heterocycles. The molecule has 0 saturated carbocycles. The van der Waals surface area contributed by atoms with Gasteiger partial charge >= 0.3 is 6.03 Å². The number of hydrogen-bond acceptors (Lipinski definition) is 3. The maximum absolute atomic E-state index is 13.6. The van der Waals surface area contributed by atoms with E-state index in [0.717, 1.165) is 17.0 Å². The molecule has 1 aliphatic rings. The quantitative estimate of drug-likeness (QED) is 0.778. The van der Waals surface area contributed by atoms with Gasteiger partial charge in [0.1, 0.15) is 17.9 Å². The maximum Gasteiger partial charge on any atom is 0.325 e. The second-order valence-electron chi connectivity index (χ2n) is 6.95. The number of benzene rings is 2. The summed E-state index contributed by atoms with van der Waals surface area (Å²) >= 11 is 0. The SMILES string of the molecule is CN(Cc1ccc(F)cc1)C(=O)CN1C(=O)NC(C)(c2ccc(F)c(F)c2)C1=O. The first-order chi connectivity index (χ1) is 13.6. The summed E-state index contributed by atoms with van der Waals surface area (Å²) in [6.07, 6.45) is 0. The molecule has 0 bridgehead atoms. The Morgan fingerprint density at radius 2 is 1.72 bits per heavy atom. The highest BCUT2D eigenvalue weighted by atomic mass is 19.2. The van der Waals surface area contributed by atoms with E-state index in [0.29, 0.717) is 5.56 Å². The predicted molar refractivity (Wildman–Crippen MR) is 96.8 cm³/mol. The fourth-order valence-electron chi connectivity index (χ4n) is 3.05. The zero-order chi connectivity index (χ0) is 21.3. The summed E-state index contributed by atoms with van der Waals surface area (Å²) < 4.78 is 39.8. The first-order valence-electron chi connectivity index (χ1n) is 8.70. The number of halogens is 3. The lowest BCUT2D eigenvalue weighted by Crippen LogP contribution is -2.43. The molecule has 0 spiro atoms. The smallest absolute Gasteiger partial charge is 0.325 e. The number of imide groups is 1. The van der Waals surface area contributed by atoms with E-state index in [1.807, 2.05) is 0 Å². The lowest BCUT2D eigenvalue weighted by molar-refractivity contribution is -0.138. The van der Waals surface area contributed by atoms with Crippen molar-refractivity contribution in [3.63, 3.8) is 0 Å². The highest BCUT2D eigenvalue weighted by molar-refractivity contribution is 6.09. The van der Waals surface area contributed by atoms with Crippen LogP contribution in [0.25, 0.3) is 0 Å². The molecule has 4 amide bonds. The van der Waals surface area contributed by atoms with Gasteiger partial charge in [-0.15, -0.1) is 0 Å². The van der Waals surface area contributed by atoms with Crippen LogP contribution in [0.3, 0.4) is 0 Å². The molecule has 0 radical (unpaired) electrons. The Balaban J connectivity index is 1.73. The number of carbonyl (C=O) groups is 3. The van der Waals surface area contributed by atoms with Crippen molar-refractivity contribution in [3.8, 4) is 0 Å². The first-order valence-corrected chi connectivity index (χ1v) is 8.70. The number of carbonyl (C=O) groups excluding carboxylic acids is 3. The van der Waals surface area contributed by atoms with Crippen LogP contribution in [0.4, 0.5) is 18.0 Å². The van der Waals surface area contributed by atoms with E-state index >= 15 is 0 Å². The van der Waals surface area contributed by atoms with E-state index in [2.05, 4.69) is 5.32 Å². The zero-order valence-corrected chi connectivity index (χ0v) is 15.7. The maximum atomic E-state index is 13.6. The zero-order valence-electron chi connectivity index (χ0n) is 15.7. The summed E-state index contributed by atoms with van der Waals surface area (Å²) in [5.74, 6) is -3.91. The first kappa shape index (κ1) is 20.4. The van der Waals surface area contributed by atoms with Crippen molar-refractivity contribution < 1.29 is 27.6 Å². The van der Waals surface area contributed by atoms with E-state index in [4.69, 9.17) is 0 Å². The van der Waals surface area contributed by atoms with Gasteiger partial charge in [0.2, 0.25) is 5.91 Å². The monoisotopic (exact) mass is 405 g/mol. The van der Waals surface area contributed by atoms with Gasteiger partial charge in [0.15, 0.2) is 11.6 Å².